The van der Waals surface area contributed by atoms with Gasteiger partial charge in [-0.1, -0.05) is 18.9 Å². The highest BCUT2D eigenvalue weighted by atomic mass is 79.9. The van der Waals surface area contributed by atoms with Crippen LogP contribution in [0.5, 0.6) is 5.75 Å². The average Bonchev–Trinajstić information content (AvgIpc) is 2.69. The predicted octanol–water partition coefficient (Wildman–Crippen LogP) is 2.85. The van der Waals surface area contributed by atoms with E-state index in [2.05, 4.69) is 25.8 Å². The van der Waals surface area contributed by atoms with E-state index in [0.29, 0.717) is 17.0 Å². The van der Waals surface area contributed by atoms with E-state index in [9.17, 15) is 5.11 Å². The van der Waals surface area contributed by atoms with Gasteiger partial charge >= 0.3 is 0 Å². The van der Waals surface area contributed by atoms with E-state index in [1.807, 2.05) is 12.1 Å². The highest BCUT2D eigenvalue weighted by molar-refractivity contribution is 9.10. The Labute approximate surface area is 122 Å². The second kappa shape index (κ2) is 6.80. The number of halogens is 1. The van der Waals surface area contributed by atoms with Gasteiger partial charge in [0.05, 0.1) is 11.0 Å². The van der Waals surface area contributed by atoms with Crippen LogP contribution in [0.15, 0.2) is 27.7 Å². The molecular formula is C14H20BrN3O. The van der Waals surface area contributed by atoms with Crippen LogP contribution >= 0.6 is 15.9 Å². The predicted molar refractivity (Wildman–Crippen MR) is 81.2 cm³/mol. The number of guanidine groups is 1. The molecule has 5 heteroatoms. The normalized spacial score (nSPS) is 17.3. The number of nitrogens with two attached hydrogens (primary N) is 1. The zero-order chi connectivity index (χ0) is 13.7. The molecule has 104 valence electrons. The first-order valence-corrected chi connectivity index (χ1v) is 7.48. The lowest BCUT2D eigenvalue weighted by Gasteiger charge is -2.21. The molecule has 2 rings (SSSR count). The third kappa shape index (κ3) is 4.13. The van der Waals surface area contributed by atoms with Gasteiger partial charge in [0, 0.05) is 13.1 Å². The fourth-order valence-corrected chi connectivity index (χ4v) is 2.65. The van der Waals surface area contributed by atoms with Crippen molar-refractivity contribution in [1.82, 2.24) is 4.90 Å². The van der Waals surface area contributed by atoms with Crippen LogP contribution in [0.2, 0.25) is 0 Å². The molecule has 0 aliphatic carbocycles. The molecule has 0 saturated carbocycles. The van der Waals surface area contributed by atoms with Crippen molar-refractivity contribution in [3.05, 3.63) is 28.2 Å². The maximum Gasteiger partial charge on any atom is 0.191 e. The van der Waals surface area contributed by atoms with E-state index >= 15 is 0 Å². The molecule has 0 spiro atoms. The molecule has 1 heterocycles. The molecule has 0 radical (unpaired) electrons. The summed E-state index contributed by atoms with van der Waals surface area (Å²) < 4.78 is 0.688. The Kier molecular flexibility index (Phi) is 5.07. The first-order chi connectivity index (χ1) is 9.16. The summed E-state index contributed by atoms with van der Waals surface area (Å²) in [6.45, 7) is 2.56. The topological polar surface area (TPSA) is 61.9 Å². The Bertz CT molecular complexity index is 454. The summed E-state index contributed by atoms with van der Waals surface area (Å²) >= 11 is 3.30. The van der Waals surface area contributed by atoms with Crippen LogP contribution in [0.1, 0.15) is 31.2 Å². The highest BCUT2D eigenvalue weighted by Gasteiger charge is 2.10. The van der Waals surface area contributed by atoms with Gasteiger partial charge in [-0.25, -0.2) is 4.99 Å². The summed E-state index contributed by atoms with van der Waals surface area (Å²) in [5, 5.41) is 9.44. The average molecular weight is 326 g/mol. The van der Waals surface area contributed by atoms with Crippen molar-refractivity contribution in [3.63, 3.8) is 0 Å². The first-order valence-electron chi connectivity index (χ1n) is 6.69. The minimum Gasteiger partial charge on any atom is -0.507 e. The fraction of sp³-hybridized carbons (Fsp3) is 0.500. The van der Waals surface area contributed by atoms with Crippen LogP contribution in [0, 0.1) is 0 Å². The second-order valence-electron chi connectivity index (χ2n) is 4.86. The van der Waals surface area contributed by atoms with Crippen LogP contribution in [0.4, 0.5) is 0 Å². The van der Waals surface area contributed by atoms with Crippen molar-refractivity contribution >= 4 is 21.9 Å². The number of nitrogens with zero attached hydrogens (tertiary/aromatic N) is 2. The maximum absolute atomic E-state index is 9.44. The summed E-state index contributed by atoms with van der Waals surface area (Å²) in [5.41, 5.74) is 7.08. The molecule has 3 N–H and O–H groups in total. The van der Waals surface area contributed by atoms with Crippen molar-refractivity contribution in [1.29, 1.82) is 0 Å². The molecule has 0 amide bonds. The van der Waals surface area contributed by atoms with Crippen molar-refractivity contribution in [2.75, 3.05) is 13.1 Å². The minimum absolute atomic E-state index is 0.244. The van der Waals surface area contributed by atoms with Crippen molar-refractivity contribution in [2.45, 2.75) is 32.2 Å². The second-order valence-corrected chi connectivity index (χ2v) is 5.72. The number of aliphatic imine (C=N–C) groups is 1. The van der Waals surface area contributed by atoms with Crippen LogP contribution < -0.4 is 5.73 Å². The van der Waals surface area contributed by atoms with Gasteiger partial charge in [-0.05, 0) is 46.5 Å². The molecule has 1 aromatic carbocycles. The maximum atomic E-state index is 9.44. The van der Waals surface area contributed by atoms with Gasteiger partial charge in [-0.15, -0.1) is 0 Å². The molecule has 0 aromatic heterocycles. The summed E-state index contributed by atoms with van der Waals surface area (Å²) in [5.74, 6) is 0.874. The van der Waals surface area contributed by atoms with Gasteiger partial charge in [0.2, 0.25) is 0 Å². The van der Waals surface area contributed by atoms with E-state index in [0.717, 1.165) is 18.7 Å². The SMILES string of the molecule is NC(=NCc1ccc(O)c(Br)c1)N1CCCCCC1. The Morgan fingerprint density at radius 3 is 2.58 bits per heavy atom. The highest BCUT2D eigenvalue weighted by Crippen LogP contribution is 2.24. The zero-order valence-corrected chi connectivity index (χ0v) is 12.6. The van der Waals surface area contributed by atoms with Gasteiger partial charge < -0.3 is 15.7 Å². The first kappa shape index (κ1) is 14.2. The van der Waals surface area contributed by atoms with Gasteiger partial charge in [0.1, 0.15) is 5.75 Å². The van der Waals surface area contributed by atoms with E-state index < -0.39 is 0 Å². The van der Waals surface area contributed by atoms with Gasteiger partial charge in [-0.2, -0.15) is 0 Å². The molecular weight excluding hydrogens is 306 g/mol. The zero-order valence-electron chi connectivity index (χ0n) is 11.0. The molecule has 1 aliphatic rings. The standard InChI is InChI=1S/C14H20BrN3O/c15-12-9-11(5-6-13(12)19)10-17-14(16)18-7-3-1-2-4-8-18/h5-6,9,19H,1-4,7-8,10H2,(H2,16,17). The summed E-state index contributed by atoms with van der Waals surface area (Å²) in [6, 6.07) is 5.39. The third-order valence-corrected chi connectivity index (χ3v) is 4.00. The number of phenols is 1. The molecule has 1 saturated heterocycles. The molecule has 1 aliphatic heterocycles. The lowest BCUT2D eigenvalue weighted by Crippen LogP contribution is -2.38. The van der Waals surface area contributed by atoms with Gasteiger partial charge in [0.25, 0.3) is 0 Å². The lowest BCUT2D eigenvalue weighted by molar-refractivity contribution is 0.428. The quantitative estimate of drug-likeness (QED) is 0.649. The number of rotatable bonds is 2. The van der Waals surface area contributed by atoms with E-state index in [-0.39, 0.29) is 5.75 Å². The van der Waals surface area contributed by atoms with Crippen LogP contribution in [-0.4, -0.2) is 29.1 Å². The Morgan fingerprint density at radius 2 is 1.95 bits per heavy atom. The smallest absolute Gasteiger partial charge is 0.191 e. The summed E-state index contributed by atoms with van der Waals surface area (Å²) in [4.78, 5) is 6.62. The number of phenolic OH excluding ortho intramolecular Hbond substituents is 1. The van der Waals surface area contributed by atoms with Gasteiger partial charge in [-0.3, -0.25) is 0 Å². The van der Waals surface area contributed by atoms with Crippen LogP contribution in [0.25, 0.3) is 0 Å². The number of hydrogen-bond acceptors (Lipinski definition) is 2. The van der Waals surface area contributed by atoms with Crippen LogP contribution in [0.3, 0.4) is 0 Å². The number of hydrogen-bond donors (Lipinski definition) is 2. The van der Waals surface area contributed by atoms with Crippen molar-refractivity contribution in [3.8, 4) is 5.75 Å². The summed E-state index contributed by atoms with van der Waals surface area (Å²) in [6.07, 6.45) is 4.96. The molecule has 4 nitrogen and oxygen atoms in total. The van der Waals surface area contributed by atoms with Crippen LogP contribution in [-0.2, 0) is 6.54 Å². The molecule has 19 heavy (non-hydrogen) atoms. The van der Waals surface area contributed by atoms with Gasteiger partial charge in [0.15, 0.2) is 5.96 Å². The number of benzene rings is 1. The molecule has 1 aromatic rings. The van der Waals surface area contributed by atoms with E-state index in [4.69, 9.17) is 5.73 Å². The minimum atomic E-state index is 0.244. The molecule has 0 bridgehead atoms. The van der Waals surface area contributed by atoms with Crippen molar-refractivity contribution in [2.24, 2.45) is 10.7 Å². The largest absolute Gasteiger partial charge is 0.507 e. The lowest BCUT2D eigenvalue weighted by atomic mass is 10.2. The molecule has 0 unspecified atom stereocenters. The number of aromatic hydroxyl groups is 1. The fourth-order valence-electron chi connectivity index (χ4n) is 2.22. The molecule has 0 atom stereocenters. The third-order valence-electron chi connectivity index (χ3n) is 3.37. The van der Waals surface area contributed by atoms with E-state index in [1.165, 1.54) is 25.7 Å². The Balaban J connectivity index is 1.98. The number of likely N-dealkylation sites (tertiary alicyclic amines) is 1. The monoisotopic (exact) mass is 325 g/mol. The van der Waals surface area contributed by atoms with Crippen molar-refractivity contribution < 1.29 is 5.11 Å². The summed E-state index contributed by atoms with van der Waals surface area (Å²) in [7, 11) is 0. The Morgan fingerprint density at radius 1 is 1.26 bits per heavy atom. The molecule has 1 fully saturated rings. The van der Waals surface area contributed by atoms with E-state index in [1.54, 1.807) is 6.07 Å². The Hall–Kier alpha value is -1.23.